The Hall–Kier alpha value is -1.06. The first-order chi connectivity index (χ1) is 10.5. The number of carboxylic acids is 1. The van der Waals surface area contributed by atoms with Crippen molar-refractivity contribution in [1.82, 2.24) is 0 Å². The largest absolute Gasteiger partial charge is 0.481 e. The Morgan fingerprint density at radius 3 is 2.50 bits per heavy atom. The van der Waals surface area contributed by atoms with Crippen molar-refractivity contribution in [2.75, 3.05) is 0 Å². The highest BCUT2D eigenvalue weighted by atomic mass is 35.5. The summed E-state index contributed by atoms with van der Waals surface area (Å²) in [5.74, 6) is -0.683. The van der Waals surface area contributed by atoms with E-state index in [1.54, 1.807) is 0 Å². The van der Waals surface area contributed by atoms with E-state index in [1.165, 1.54) is 12.8 Å². The van der Waals surface area contributed by atoms with Gasteiger partial charge in [-0.1, -0.05) is 23.7 Å². The van der Waals surface area contributed by atoms with E-state index >= 15 is 0 Å². The van der Waals surface area contributed by atoms with Crippen LogP contribution in [0.15, 0.2) is 24.3 Å². The van der Waals surface area contributed by atoms with E-state index in [2.05, 4.69) is 0 Å². The molecule has 0 aliphatic heterocycles. The molecule has 0 heterocycles. The molecule has 1 N–H and O–H groups in total. The Bertz CT molecular complexity index is 530. The van der Waals surface area contributed by atoms with E-state index in [-0.39, 0.29) is 5.60 Å². The number of halogens is 1. The molecule has 0 saturated heterocycles. The van der Waals surface area contributed by atoms with E-state index in [0.717, 1.165) is 42.7 Å². The lowest BCUT2D eigenvalue weighted by Crippen LogP contribution is -2.26. The fourth-order valence-corrected chi connectivity index (χ4v) is 4.36. The van der Waals surface area contributed by atoms with Crippen LogP contribution in [0.4, 0.5) is 0 Å². The smallest absolute Gasteiger partial charge is 0.303 e. The molecule has 0 atom stereocenters. The Kier molecular flexibility index (Phi) is 4.47. The average Bonchev–Trinajstić information content (AvgIpc) is 3.03. The van der Waals surface area contributed by atoms with Gasteiger partial charge in [-0.3, -0.25) is 4.79 Å². The predicted octanol–water partition coefficient (Wildman–Crippen LogP) is 4.81. The van der Waals surface area contributed by atoms with Crippen LogP contribution in [-0.4, -0.2) is 16.7 Å². The van der Waals surface area contributed by atoms with Crippen molar-refractivity contribution in [3.63, 3.8) is 0 Å². The number of hydrogen-bond donors (Lipinski definition) is 1. The van der Waals surface area contributed by atoms with Crippen LogP contribution in [0.3, 0.4) is 0 Å². The molecule has 2 fully saturated rings. The number of carbonyl (C=O) groups is 1. The lowest BCUT2D eigenvalue weighted by Gasteiger charge is -2.28. The Morgan fingerprint density at radius 2 is 1.86 bits per heavy atom. The number of fused-ring (bicyclic) bond motifs is 2. The SMILES string of the molecule is O=C(O)CCCC12CCC(OCc3ccc(Cl)cc3)(CC1)C2. The molecule has 0 aromatic heterocycles. The number of benzene rings is 1. The van der Waals surface area contributed by atoms with Crippen molar-refractivity contribution in [1.29, 1.82) is 0 Å². The number of ether oxygens (including phenoxy) is 1. The molecule has 2 aliphatic rings. The topological polar surface area (TPSA) is 46.5 Å². The van der Waals surface area contributed by atoms with Gasteiger partial charge in [-0.15, -0.1) is 0 Å². The van der Waals surface area contributed by atoms with Gasteiger partial charge in [-0.2, -0.15) is 0 Å². The number of rotatable bonds is 7. The fraction of sp³-hybridized carbons (Fsp3) is 0.611. The van der Waals surface area contributed by atoms with E-state index in [4.69, 9.17) is 21.4 Å². The summed E-state index contributed by atoms with van der Waals surface area (Å²) < 4.78 is 6.30. The lowest BCUT2D eigenvalue weighted by molar-refractivity contribution is -0.137. The van der Waals surface area contributed by atoms with Crippen molar-refractivity contribution in [3.8, 4) is 0 Å². The van der Waals surface area contributed by atoms with Gasteiger partial charge < -0.3 is 9.84 Å². The molecule has 1 aromatic rings. The Balaban J connectivity index is 1.53. The summed E-state index contributed by atoms with van der Waals surface area (Å²) in [6.45, 7) is 0.641. The first-order valence-electron chi connectivity index (χ1n) is 8.11. The minimum atomic E-state index is -0.683. The van der Waals surface area contributed by atoms with Crippen molar-refractivity contribution in [2.24, 2.45) is 5.41 Å². The maximum Gasteiger partial charge on any atom is 0.303 e. The second-order valence-electron chi connectivity index (χ2n) is 7.02. The third kappa shape index (κ3) is 3.47. The maximum absolute atomic E-state index is 10.7. The van der Waals surface area contributed by atoms with Crippen LogP contribution in [0, 0.1) is 5.41 Å². The Morgan fingerprint density at radius 1 is 1.18 bits per heavy atom. The van der Waals surface area contributed by atoms with Crippen LogP contribution in [-0.2, 0) is 16.1 Å². The number of hydrogen-bond acceptors (Lipinski definition) is 2. The molecular formula is C18H23ClO3. The highest BCUT2D eigenvalue weighted by molar-refractivity contribution is 6.30. The summed E-state index contributed by atoms with van der Waals surface area (Å²) in [6, 6.07) is 7.83. The van der Waals surface area contributed by atoms with Gasteiger partial charge in [0.15, 0.2) is 0 Å². The molecule has 3 rings (SSSR count). The summed E-state index contributed by atoms with van der Waals surface area (Å²) in [4.78, 5) is 10.7. The molecule has 120 valence electrons. The minimum Gasteiger partial charge on any atom is -0.481 e. The minimum absolute atomic E-state index is 0.0306. The Labute approximate surface area is 136 Å². The van der Waals surface area contributed by atoms with Crippen LogP contribution >= 0.6 is 11.6 Å². The van der Waals surface area contributed by atoms with Gasteiger partial charge >= 0.3 is 5.97 Å². The zero-order valence-corrected chi connectivity index (χ0v) is 13.6. The summed E-state index contributed by atoms with van der Waals surface area (Å²) in [7, 11) is 0. The summed E-state index contributed by atoms with van der Waals surface area (Å²) >= 11 is 5.91. The van der Waals surface area contributed by atoms with Gasteiger partial charge in [0, 0.05) is 11.4 Å². The van der Waals surface area contributed by atoms with Gasteiger partial charge in [0.05, 0.1) is 12.2 Å². The monoisotopic (exact) mass is 322 g/mol. The lowest BCUT2D eigenvalue weighted by atomic mass is 9.80. The molecular weight excluding hydrogens is 300 g/mol. The molecule has 0 amide bonds. The van der Waals surface area contributed by atoms with Crippen LogP contribution in [0.5, 0.6) is 0 Å². The first kappa shape index (κ1) is 15.8. The molecule has 2 saturated carbocycles. The van der Waals surface area contributed by atoms with Gasteiger partial charge in [0.2, 0.25) is 0 Å². The third-order valence-corrected chi connectivity index (χ3v) is 5.73. The molecule has 0 spiro atoms. The van der Waals surface area contributed by atoms with E-state index in [9.17, 15) is 4.79 Å². The van der Waals surface area contributed by atoms with Crippen LogP contribution < -0.4 is 0 Å². The van der Waals surface area contributed by atoms with Crippen LogP contribution in [0.2, 0.25) is 5.02 Å². The second-order valence-corrected chi connectivity index (χ2v) is 7.46. The second kappa shape index (κ2) is 6.21. The molecule has 2 bridgehead atoms. The van der Waals surface area contributed by atoms with E-state index < -0.39 is 5.97 Å². The van der Waals surface area contributed by atoms with E-state index in [0.29, 0.717) is 18.4 Å². The standard InChI is InChI=1S/C18H23ClO3/c19-15-5-3-14(4-6-15)12-22-18-10-8-17(13-18,9-11-18)7-1-2-16(20)21/h3-6H,1-2,7-13H2,(H,20,21). The molecule has 2 aliphatic carbocycles. The van der Waals surface area contributed by atoms with Crippen molar-refractivity contribution in [3.05, 3.63) is 34.9 Å². The summed E-state index contributed by atoms with van der Waals surface area (Å²) in [5, 5.41) is 9.55. The third-order valence-electron chi connectivity index (χ3n) is 5.48. The molecule has 3 nitrogen and oxygen atoms in total. The predicted molar refractivity (Wildman–Crippen MR) is 86.0 cm³/mol. The highest BCUT2D eigenvalue weighted by Gasteiger charge is 2.54. The normalized spacial score (nSPS) is 29.9. The molecule has 22 heavy (non-hydrogen) atoms. The van der Waals surface area contributed by atoms with Gasteiger partial charge in [0.1, 0.15) is 0 Å². The van der Waals surface area contributed by atoms with Crippen LogP contribution in [0.1, 0.15) is 56.9 Å². The average molecular weight is 323 g/mol. The van der Waals surface area contributed by atoms with Crippen LogP contribution in [0.25, 0.3) is 0 Å². The molecule has 4 heteroatoms. The summed E-state index contributed by atoms with van der Waals surface area (Å²) in [6.07, 6.45) is 7.84. The van der Waals surface area contributed by atoms with Gasteiger partial charge in [-0.05, 0) is 68.1 Å². The first-order valence-corrected chi connectivity index (χ1v) is 8.49. The zero-order chi connectivity index (χ0) is 15.6. The van der Waals surface area contributed by atoms with E-state index in [1.807, 2.05) is 24.3 Å². The number of aliphatic carboxylic acids is 1. The molecule has 0 radical (unpaired) electrons. The summed E-state index contributed by atoms with van der Waals surface area (Å²) in [5.41, 5.74) is 1.53. The van der Waals surface area contributed by atoms with Gasteiger partial charge in [0.25, 0.3) is 0 Å². The molecule has 0 unspecified atom stereocenters. The maximum atomic E-state index is 10.7. The van der Waals surface area contributed by atoms with Crippen molar-refractivity contribution in [2.45, 2.75) is 63.6 Å². The van der Waals surface area contributed by atoms with Crippen molar-refractivity contribution >= 4 is 17.6 Å². The highest BCUT2D eigenvalue weighted by Crippen LogP contribution is 2.60. The zero-order valence-electron chi connectivity index (χ0n) is 12.8. The van der Waals surface area contributed by atoms with Crippen molar-refractivity contribution < 1.29 is 14.6 Å². The molecule has 1 aromatic carbocycles. The number of carboxylic acid groups (broad SMARTS) is 1. The quantitative estimate of drug-likeness (QED) is 0.783. The van der Waals surface area contributed by atoms with Gasteiger partial charge in [-0.25, -0.2) is 0 Å². The fourth-order valence-electron chi connectivity index (χ4n) is 4.24.